The van der Waals surface area contributed by atoms with Crippen molar-refractivity contribution in [2.24, 2.45) is 0 Å². The first-order valence-corrected chi connectivity index (χ1v) is 6.26. The molecule has 1 aromatic rings. The van der Waals surface area contributed by atoms with E-state index in [1.165, 1.54) is 18.4 Å². The average Bonchev–Trinajstić information content (AvgIpc) is 2.32. The first-order chi connectivity index (χ1) is 8.17. The third-order valence-electron chi connectivity index (χ3n) is 2.81. The summed E-state index contributed by atoms with van der Waals surface area (Å²) in [5.41, 5.74) is 1.18. The minimum Gasteiger partial charge on any atom is -0.504 e. The van der Waals surface area contributed by atoms with Crippen LogP contribution in [0.5, 0.6) is 11.5 Å². The molecule has 0 spiro atoms. The number of unbranched alkanes of at least 4 members (excludes halogenated alkanes) is 1. The van der Waals surface area contributed by atoms with Crippen molar-refractivity contribution < 1.29 is 9.84 Å². The number of phenols is 1. The van der Waals surface area contributed by atoms with Crippen LogP contribution in [-0.2, 0) is 6.42 Å². The fourth-order valence-electron chi connectivity index (χ4n) is 1.80. The van der Waals surface area contributed by atoms with Crippen LogP contribution >= 0.6 is 0 Å². The molecule has 1 aromatic carbocycles. The summed E-state index contributed by atoms with van der Waals surface area (Å²) < 4.78 is 5.10. The van der Waals surface area contributed by atoms with Gasteiger partial charge in [-0.25, -0.2) is 0 Å². The number of hydrogen-bond acceptors (Lipinski definition) is 3. The second kappa shape index (κ2) is 7.17. The first kappa shape index (κ1) is 13.8. The van der Waals surface area contributed by atoms with Gasteiger partial charge in [-0.1, -0.05) is 19.4 Å². The number of phenolic OH excluding ortho intramolecular Hbond substituents is 1. The van der Waals surface area contributed by atoms with E-state index in [2.05, 4.69) is 19.2 Å². The third kappa shape index (κ3) is 4.65. The predicted octanol–water partition coefficient (Wildman–Crippen LogP) is 2.72. The van der Waals surface area contributed by atoms with Gasteiger partial charge >= 0.3 is 0 Å². The standard InChI is InChI=1S/C14H23NO2/c1-4-5-8-15-11(2)9-12-6-7-13(16)14(10-12)17-3/h6-7,10-11,15-16H,4-5,8-9H2,1-3H3/t11-/m0/s1. The van der Waals surface area contributed by atoms with Crippen LogP contribution in [0.25, 0.3) is 0 Å². The summed E-state index contributed by atoms with van der Waals surface area (Å²) in [6, 6.07) is 5.96. The molecule has 0 amide bonds. The molecule has 0 aromatic heterocycles. The molecule has 0 radical (unpaired) electrons. The van der Waals surface area contributed by atoms with Gasteiger partial charge in [-0.05, 0) is 44.0 Å². The van der Waals surface area contributed by atoms with Crippen molar-refractivity contribution in [1.82, 2.24) is 5.32 Å². The van der Waals surface area contributed by atoms with E-state index in [4.69, 9.17) is 4.74 Å². The predicted molar refractivity (Wildman–Crippen MR) is 70.7 cm³/mol. The van der Waals surface area contributed by atoms with Crippen LogP contribution < -0.4 is 10.1 Å². The Morgan fingerprint density at radius 2 is 2.18 bits per heavy atom. The maximum Gasteiger partial charge on any atom is 0.160 e. The van der Waals surface area contributed by atoms with Crippen molar-refractivity contribution in [3.63, 3.8) is 0 Å². The zero-order valence-electron chi connectivity index (χ0n) is 11.0. The van der Waals surface area contributed by atoms with Gasteiger partial charge in [0.25, 0.3) is 0 Å². The molecule has 96 valence electrons. The molecule has 0 aliphatic heterocycles. The van der Waals surface area contributed by atoms with Crippen LogP contribution in [0.1, 0.15) is 32.3 Å². The lowest BCUT2D eigenvalue weighted by Crippen LogP contribution is -2.28. The van der Waals surface area contributed by atoms with Crippen LogP contribution in [0.2, 0.25) is 0 Å². The van der Waals surface area contributed by atoms with E-state index in [0.29, 0.717) is 11.8 Å². The number of aromatic hydroxyl groups is 1. The van der Waals surface area contributed by atoms with Crippen molar-refractivity contribution in [3.8, 4) is 11.5 Å². The Hall–Kier alpha value is -1.22. The first-order valence-electron chi connectivity index (χ1n) is 6.26. The van der Waals surface area contributed by atoms with Crippen LogP contribution in [-0.4, -0.2) is 24.8 Å². The molecule has 1 rings (SSSR count). The Labute approximate surface area is 104 Å². The van der Waals surface area contributed by atoms with E-state index in [1.807, 2.05) is 12.1 Å². The van der Waals surface area contributed by atoms with Crippen LogP contribution in [0.4, 0.5) is 0 Å². The van der Waals surface area contributed by atoms with Crippen LogP contribution in [0.3, 0.4) is 0 Å². The molecule has 0 saturated carbocycles. The topological polar surface area (TPSA) is 41.5 Å². The number of ether oxygens (including phenoxy) is 1. The van der Waals surface area contributed by atoms with E-state index in [-0.39, 0.29) is 5.75 Å². The van der Waals surface area contributed by atoms with E-state index >= 15 is 0 Å². The largest absolute Gasteiger partial charge is 0.504 e. The number of rotatable bonds is 7. The van der Waals surface area contributed by atoms with Gasteiger partial charge in [-0.15, -0.1) is 0 Å². The summed E-state index contributed by atoms with van der Waals surface area (Å²) >= 11 is 0. The van der Waals surface area contributed by atoms with Gasteiger partial charge in [-0.3, -0.25) is 0 Å². The molecule has 0 heterocycles. The van der Waals surface area contributed by atoms with Crippen molar-refractivity contribution in [2.45, 2.75) is 39.2 Å². The van der Waals surface area contributed by atoms with Crippen molar-refractivity contribution in [2.75, 3.05) is 13.7 Å². The highest BCUT2D eigenvalue weighted by Crippen LogP contribution is 2.26. The van der Waals surface area contributed by atoms with Gasteiger partial charge in [0.15, 0.2) is 11.5 Å². The lowest BCUT2D eigenvalue weighted by atomic mass is 10.1. The van der Waals surface area contributed by atoms with E-state index in [0.717, 1.165) is 13.0 Å². The number of methoxy groups -OCH3 is 1. The number of hydrogen-bond donors (Lipinski definition) is 2. The molecule has 0 aliphatic rings. The minimum atomic E-state index is 0.197. The van der Waals surface area contributed by atoms with Crippen molar-refractivity contribution in [3.05, 3.63) is 23.8 Å². The molecule has 0 saturated heterocycles. The van der Waals surface area contributed by atoms with E-state index in [1.54, 1.807) is 13.2 Å². The van der Waals surface area contributed by atoms with Gasteiger partial charge in [0, 0.05) is 6.04 Å². The summed E-state index contributed by atoms with van der Waals surface area (Å²) in [4.78, 5) is 0. The molecule has 0 aliphatic carbocycles. The van der Waals surface area contributed by atoms with Crippen LogP contribution in [0, 0.1) is 0 Å². The Balaban J connectivity index is 2.50. The lowest BCUT2D eigenvalue weighted by molar-refractivity contribution is 0.372. The highest BCUT2D eigenvalue weighted by atomic mass is 16.5. The third-order valence-corrected chi connectivity index (χ3v) is 2.81. The van der Waals surface area contributed by atoms with Crippen molar-refractivity contribution >= 4 is 0 Å². The van der Waals surface area contributed by atoms with Crippen LogP contribution in [0.15, 0.2) is 18.2 Å². The van der Waals surface area contributed by atoms with Gasteiger partial charge in [-0.2, -0.15) is 0 Å². The number of benzene rings is 1. The molecule has 17 heavy (non-hydrogen) atoms. The number of nitrogens with one attached hydrogen (secondary N) is 1. The summed E-state index contributed by atoms with van der Waals surface area (Å²) in [5, 5.41) is 13.0. The average molecular weight is 237 g/mol. The molecular weight excluding hydrogens is 214 g/mol. The van der Waals surface area contributed by atoms with Gasteiger partial charge in [0.1, 0.15) is 0 Å². The summed E-state index contributed by atoms with van der Waals surface area (Å²) in [6.45, 7) is 5.43. The zero-order valence-corrected chi connectivity index (χ0v) is 11.0. The van der Waals surface area contributed by atoms with Gasteiger partial charge < -0.3 is 15.2 Å². The SMILES string of the molecule is CCCCN[C@@H](C)Cc1ccc(O)c(OC)c1. The maximum absolute atomic E-state index is 9.50. The quantitative estimate of drug-likeness (QED) is 0.716. The van der Waals surface area contributed by atoms with E-state index < -0.39 is 0 Å². The molecule has 3 heteroatoms. The molecule has 0 bridgehead atoms. The fraction of sp³-hybridized carbons (Fsp3) is 0.571. The second-order valence-electron chi connectivity index (χ2n) is 4.42. The molecule has 2 N–H and O–H groups in total. The Morgan fingerprint density at radius 1 is 1.41 bits per heavy atom. The highest BCUT2D eigenvalue weighted by molar-refractivity contribution is 5.41. The smallest absolute Gasteiger partial charge is 0.160 e. The second-order valence-corrected chi connectivity index (χ2v) is 4.42. The normalized spacial score (nSPS) is 12.4. The molecule has 3 nitrogen and oxygen atoms in total. The molecule has 1 atom stereocenters. The van der Waals surface area contributed by atoms with Gasteiger partial charge in [0.2, 0.25) is 0 Å². The summed E-state index contributed by atoms with van der Waals surface area (Å²) in [5.74, 6) is 0.742. The minimum absolute atomic E-state index is 0.197. The maximum atomic E-state index is 9.50. The molecular formula is C14H23NO2. The molecule has 0 unspecified atom stereocenters. The van der Waals surface area contributed by atoms with Gasteiger partial charge in [0.05, 0.1) is 7.11 Å². The zero-order chi connectivity index (χ0) is 12.7. The molecule has 0 fully saturated rings. The monoisotopic (exact) mass is 237 g/mol. The highest BCUT2D eigenvalue weighted by Gasteiger charge is 2.06. The Morgan fingerprint density at radius 3 is 2.82 bits per heavy atom. The van der Waals surface area contributed by atoms with Crippen molar-refractivity contribution in [1.29, 1.82) is 0 Å². The summed E-state index contributed by atoms with van der Waals surface area (Å²) in [7, 11) is 1.57. The summed E-state index contributed by atoms with van der Waals surface area (Å²) in [6.07, 6.45) is 3.37. The van der Waals surface area contributed by atoms with E-state index in [9.17, 15) is 5.11 Å². The Kier molecular flexibility index (Phi) is 5.84. The fourth-order valence-corrected chi connectivity index (χ4v) is 1.80. The Bertz CT molecular complexity index is 339. The lowest BCUT2D eigenvalue weighted by Gasteiger charge is -2.14.